The number of benzene rings is 1. The number of aliphatic carboxylic acids is 1. The SMILES string of the molecule is CCC(c1ccc(C)cc1)N(CC)C(C)CC(=O)O. The van der Waals surface area contributed by atoms with Crippen molar-refractivity contribution in [2.24, 2.45) is 0 Å². The molecule has 0 heterocycles. The van der Waals surface area contributed by atoms with Crippen LogP contribution in [0.25, 0.3) is 0 Å². The van der Waals surface area contributed by atoms with E-state index in [9.17, 15) is 4.79 Å². The van der Waals surface area contributed by atoms with E-state index < -0.39 is 5.97 Å². The van der Waals surface area contributed by atoms with Crippen LogP contribution < -0.4 is 0 Å². The van der Waals surface area contributed by atoms with Crippen LogP contribution in [0, 0.1) is 6.92 Å². The Morgan fingerprint density at radius 3 is 2.26 bits per heavy atom. The van der Waals surface area contributed by atoms with Crippen LogP contribution in [0.15, 0.2) is 24.3 Å². The van der Waals surface area contributed by atoms with Crippen LogP contribution in [-0.2, 0) is 4.79 Å². The van der Waals surface area contributed by atoms with E-state index in [-0.39, 0.29) is 12.5 Å². The molecule has 106 valence electrons. The summed E-state index contributed by atoms with van der Waals surface area (Å²) in [6.45, 7) is 9.18. The molecule has 0 aliphatic carbocycles. The number of carboxylic acid groups (broad SMARTS) is 1. The summed E-state index contributed by atoms with van der Waals surface area (Å²) in [6, 6.07) is 8.88. The largest absolute Gasteiger partial charge is 0.481 e. The lowest BCUT2D eigenvalue weighted by molar-refractivity contribution is -0.138. The molecular formula is C16H25NO2. The van der Waals surface area contributed by atoms with Gasteiger partial charge in [-0.25, -0.2) is 0 Å². The summed E-state index contributed by atoms with van der Waals surface area (Å²) < 4.78 is 0. The third kappa shape index (κ3) is 4.35. The van der Waals surface area contributed by atoms with Gasteiger partial charge in [0.25, 0.3) is 0 Å². The molecule has 0 saturated heterocycles. The van der Waals surface area contributed by atoms with Gasteiger partial charge in [0.2, 0.25) is 0 Å². The average molecular weight is 263 g/mol. The highest BCUT2D eigenvalue weighted by molar-refractivity contribution is 5.67. The zero-order valence-corrected chi connectivity index (χ0v) is 12.4. The summed E-state index contributed by atoms with van der Waals surface area (Å²) in [5, 5.41) is 8.96. The van der Waals surface area contributed by atoms with Crippen molar-refractivity contribution in [3.8, 4) is 0 Å². The fraction of sp³-hybridized carbons (Fsp3) is 0.562. The minimum absolute atomic E-state index is 0.0498. The lowest BCUT2D eigenvalue weighted by atomic mass is 9.99. The highest BCUT2D eigenvalue weighted by Gasteiger charge is 2.23. The molecule has 0 amide bonds. The molecule has 19 heavy (non-hydrogen) atoms. The maximum Gasteiger partial charge on any atom is 0.304 e. The number of rotatable bonds is 7. The molecule has 0 fully saturated rings. The predicted molar refractivity (Wildman–Crippen MR) is 78.3 cm³/mol. The van der Waals surface area contributed by atoms with Crippen LogP contribution in [0.3, 0.4) is 0 Å². The topological polar surface area (TPSA) is 40.5 Å². The molecule has 2 unspecified atom stereocenters. The molecule has 0 aliphatic rings. The number of hydrogen-bond donors (Lipinski definition) is 1. The first-order chi connectivity index (χ1) is 8.99. The summed E-state index contributed by atoms with van der Waals surface area (Å²) in [4.78, 5) is 13.2. The number of carboxylic acids is 1. The minimum Gasteiger partial charge on any atom is -0.481 e. The fourth-order valence-electron chi connectivity index (χ4n) is 2.66. The molecule has 2 atom stereocenters. The van der Waals surface area contributed by atoms with E-state index in [0.29, 0.717) is 6.04 Å². The van der Waals surface area contributed by atoms with Gasteiger partial charge in [0.05, 0.1) is 6.42 Å². The van der Waals surface area contributed by atoms with E-state index in [4.69, 9.17) is 5.11 Å². The van der Waals surface area contributed by atoms with Gasteiger partial charge >= 0.3 is 5.97 Å². The Morgan fingerprint density at radius 2 is 1.84 bits per heavy atom. The van der Waals surface area contributed by atoms with E-state index in [1.807, 2.05) is 6.92 Å². The summed E-state index contributed by atoms with van der Waals surface area (Å²) in [5.74, 6) is -0.732. The van der Waals surface area contributed by atoms with Gasteiger partial charge in [-0.3, -0.25) is 9.69 Å². The number of carbonyl (C=O) groups is 1. The first kappa shape index (κ1) is 15.7. The van der Waals surface area contributed by atoms with E-state index >= 15 is 0 Å². The third-order valence-corrected chi connectivity index (χ3v) is 3.65. The molecule has 3 nitrogen and oxygen atoms in total. The van der Waals surface area contributed by atoms with Gasteiger partial charge in [-0.05, 0) is 32.4 Å². The lowest BCUT2D eigenvalue weighted by Crippen LogP contribution is -2.37. The van der Waals surface area contributed by atoms with Gasteiger partial charge in [0.1, 0.15) is 0 Å². The molecule has 1 N–H and O–H groups in total. The second-order valence-corrected chi connectivity index (χ2v) is 5.11. The van der Waals surface area contributed by atoms with E-state index in [1.165, 1.54) is 11.1 Å². The smallest absolute Gasteiger partial charge is 0.304 e. The van der Waals surface area contributed by atoms with E-state index in [2.05, 4.69) is 49.9 Å². The molecule has 1 aromatic rings. The Balaban J connectivity index is 2.91. The summed E-state index contributed by atoms with van der Waals surface area (Å²) >= 11 is 0. The standard InChI is InChI=1S/C16H25NO2/c1-5-15(14-9-7-12(3)8-10-14)17(6-2)13(4)11-16(18)19/h7-10,13,15H,5-6,11H2,1-4H3,(H,18,19). The van der Waals surface area contributed by atoms with Crippen molar-refractivity contribution < 1.29 is 9.90 Å². The molecule has 0 spiro atoms. The van der Waals surface area contributed by atoms with Crippen molar-refractivity contribution in [2.75, 3.05) is 6.54 Å². The third-order valence-electron chi connectivity index (χ3n) is 3.65. The van der Waals surface area contributed by atoms with Crippen LogP contribution in [0.1, 0.15) is 50.8 Å². The first-order valence-electron chi connectivity index (χ1n) is 7.03. The number of nitrogens with zero attached hydrogens (tertiary/aromatic N) is 1. The second kappa shape index (κ2) is 7.29. The maximum absolute atomic E-state index is 10.9. The van der Waals surface area contributed by atoms with Crippen LogP contribution >= 0.6 is 0 Å². The normalized spacial score (nSPS) is 14.4. The Bertz CT molecular complexity index is 400. The highest BCUT2D eigenvalue weighted by atomic mass is 16.4. The van der Waals surface area contributed by atoms with Gasteiger partial charge < -0.3 is 5.11 Å². The zero-order valence-electron chi connectivity index (χ0n) is 12.4. The van der Waals surface area contributed by atoms with Crippen LogP contribution in [0.5, 0.6) is 0 Å². The molecular weight excluding hydrogens is 238 g/mol. The maximum atomic E-state index is 10.9. The van der Waals surface area contributed by atoms with Crippen LogP contribution in [0.4, 0.5) is 0 Å². The first-order valence-corrected chi connectivity index (χ1v) is 7.03. The van der Waals surface area contributed by atoms with Crippen molar-refractivity contribution in [3.63, 3.8) is 0 Å². The summed E-state index contributed by atoms with van der Waals surface area (Å²) in [6.07, 6.45) is 1.18. The minimum atomic E-state index is -0.732. The number of hydrogen-bond acceptors (Lipinski definition) is 2. The van der Waals surface area contributed by atoms with Crippen molar-refractivity contribution in [2.45, 2.75) is 52.6 Å². The second-order valence-electron chi connectivity index (χ2n) is 5.11. The van der Waals surface area contributed by atoms with Crippen molar-refractivity contribution in [1.29, 1.82) is 0 Å². The van der Waals surface area contributed by atoms with Gasteiger partial charge in [-0.2, -0.15) is 0 Å². The summed E-state index contributed by atoms with van der Waals surface area (Å²) in [5.41, 5.74) is 2.52. The quantitative estimate of drug-likeness (QED) is 0.816. The molecule has 0 aromatic heterocycles. The molecule has 0 saturated carbocycles. The van der Waals surface area contributed by atoms with Crippen molar-refractivity contribution >= 4 is 5.97 Å². The number of aryl methyl sites for hydroxylation is 1. The fourth-order valence-corrected chi connectivity index (χ4v) is 2.66. The Kier molecular flexibility index (Phi) is 6.03. The Hall–Kier alpha value is -1.35. The molecule has 0 bridgehead atoms. The lowest BCUT2D eigenvalue weighted by Gasteiger charge is -2.35. The molecule has 0 aliphatic heterocycles. The summed E-state index contributed by atoms with van der Waals surface area (Å²) in [7, 11) is 0. The van der Waals surface area contributed by atoms with E-state index in [1.54, 1.807) is 0 Å². The molecule has 1 rings (SSSR count). The molecule has 3 heteroatoms. The van der Waals surface area contributed by atoms with Crippen molar-refractivity contribution in [3.05, 3.63) is 35.4 Å². The predicted octanol–water partition coefficient (Wildman–Crippen LogP) is 3.63. The zero-order chi connectivity index (χ0) is 14.4. The average Bonchev–Trinajstić information content (AvgIpc) is 2.36. The van der Waals surface area contributed by atoms with Gasteiger partial charge in [0.15, 0.2) is 0 Å². The Labute approximate surface area is 116 Å². The monoisotopic (exact) mass is 263 g/mol. The molecule has 1 aromatic carbocycles. The van der Waals surface area contributed by atoms with Gasteiger partial charge in [0, 0.05) is 12.1 Å². The van der Waals surface area contributed by atoms with Gasteiger partial charge in [-0.1, -0.05) is 43.7 Å². The van der Waals surface area contributed by atoms with Crippen LogP contribution in [0.2, 0.25) is 0 Å². The Morgan fingerprint density at radius 1 is 1.26 bits per heavy atom. The molecule has 0 radical (unpaired) electrons. The van der Waals surface area contributed by atoms with E-state index in [0.717, 1.165) is 13.0 Å². The highest BCUT2D eigenvalue weighted by Crippen LogP contribution is 2.27. The van der Waals surface area contributed by atoms with Crippen molar-refractivity contribution in [1.82, 2.24) is 4.90 Å². The van der Waals surface area contributed by atoms with Gasteiger partial charge in [-0.15, -0.1) is 0 Å². The van der Waals surface area contributed by atoms with Crippen LogP contribution in [-0.4, -0.2) is 28.6 Å².